The van der Waals surface area contributed by atoms with Crippen LogP contribution in [0.15, 0.2) is 102 Å². The second-order valence-electron chi connectivity index (χ2n) is 8.92. The van der Waals surface area contributed by atoms with Crippen molar-refractivity contribution in [3.8, 4) is 22.8 Å². The summed E-state index contributed by atoms with van der Waals surface area (Å²) in [6, 6.07) is 28.8. The molecule has 0 aliphatic heterocycles. The molecule has 8 heteroatoms. The Morgan fingerprint density at radius 2 is 1.65 bits per heavy atom. The number of halogens is 1. The van der Waals surface area contributed by atoms with Crippen LogP contribution >= 0.6 is 11.6 Å². The molecule has 1 heterocycles. The summed E-state index contributed by atoms with van der Waals surface area (Å²) in [6.07, 6.45) is 1.48. The molecule has 0 atom stereocenters. The average molecular weight is 550 g/mol. The van der Waals surface area contributed by atoms with Gasteiger partial charge in [0.05, 0.1) is 40.7 Å². The molecule has 0 saturated carbocycles. The molecule has 5 aromatic rings. The number of amides is 1. The van der Waals surface area contributed by atoms with Crippen LogP contribution in [0.25, 0.3) is 22.2 Å². The van der Waals surface area contributed by atoms with Gasteiger partial charge in [0.25, 0.3) is 5.91 Å². The number of hydrazone groups is 1. The van der Waals surface area contributed by atoms with Crippen molar-refractivity contribution < 1.29 is 19.1 Å². The maximum atomic E-state index is 13.3. The number of ether oxygens (including phenoxy) is 2. The molecule has 0 saturated heterocycles. The number of carbonyl (C=O) groups is 2. The summed E-state index contributed by atoms with van der Waals surface area (Å²) in [5.74, 6) is -0.435. The van der Waals surface area contributed by atoms with Gasteiger partial charge >= 0.3 is 5.97 Å². The minimum atomic E-state index is -0.604. The largest absolute Gasteiger partial charge is 0.493 e. The summed E-state index contributed by atoms with van der Waals surface area (Å²) in [7, 11) is 1.46. The Morgan fingerprint density at radius 1 is 0.875 bits per heavy atom. The lowest BCUT2D eigenvalue weighted by Gasteiger charge is -2.11. The quantitative estimate of drug-likeness (QED) is 0.104. The Bertz CT molecular complexity index is 1750. The number of rotatable bonds is 7. The molecule has 1 N–H and O–H groups in total. The molecule has 40 heavy (non-hydrogen) atoms. The minimum absolute atomic E-state index is 0.223. The van der Waals surface area contributed by atoms with E-state index in [4.69, 9.17) is 26.1 Å². The van der Waals surface area contributed by atoms with Crippen LogP contribution in [0.1, 0.15) is 31.8 Å². The number of nitrogens with zero attached hydrogens (tertiary/aromatic N) is 2. The molecular formula is C32H24ClN3O4. The van der Waals surface area contributed by atoms with E-state index in [0.29, 0.717) is 33.1 Å². The van der Waals surface area contributed by atoms with Crippen molar-refractivity contribution in [3.63, 3.8) is 0 Å². The van der Waals surface area contributed by atoms with Gasteiger partial charge in [-0.25, -0.2) is 15.2 Å². The zero-order chi connectivity index (χ0) is 28.1. The molecule has 5 rings (SSSR count). The first-order valence-corrected chi connectivity index (χ1v) is 12.8. The Labute approximate surface area is 236 Å². The Morgan fingerprint density at radius 3 is 2.42 bits per heavy atom. The van der Waals surface area contributed by atoms with E-state index in [1.807, 2.05) is 55.5 Å². The maximum absolute atomic E-state index is 13.3. The lowest BCUT2D eigenvalue weighted by atomic mass is 10.0. The van der Waals surface area contributed by atoms with Crippen molar-refractivity contribution in [1.82, 2.24) is 10.4 Å². The molecule has 0 aliphatic carbocycles. The van der Waals surface area contributed by atoms with E-state index in [1.54, 1.807) is 48.5 Å². The standard InChI is InChI=1S/C32H24ClN3O4/c1-20-12-14-27-24(16-20)25(18-28(35-27)22-8-4-3-5-9-22)31(37)36-34-19-21-13-15-29(30(17-21)39-2)40-32(38)23-10-6-7-11-26(23)33/h3-19H,1-2H3,(H,36,37). The van der Waals surface area contributed by atoms with Crippen LogP contribution in [0.2, 0.25) is 5.02 Å². The molecule has 0 spiro atoms. The van der Waals surface area contributed by atoms with E-state index in [9.17, 15) is 9.59 Å². The topological polar surface area (TPSA) is 89.9 Å². The molecule has 0 fully saturated rings. The van der Waals surface area contributed by atoms with E-state index in [1.165, 1.54) is 13.3 Å². The van der Waals surface area contributed by atoms with E-state index >= 15 is 0 Å². The summed E-state index contributed by atoms with van der Waals surface area (Å²) in [5, 5.41) is 5.17. The summed E-state index contributed by atoms with van der Waals surface area (Å²) in [4.78, 5) is 30.6. The molecule has 7 nitrogen and oxygen atoms in total. The fourth-order valence-electron chi connectivity index (χ4n) is 4.14. The predicted octanol–water partition coefficient (Wildman–Crippen LogP) is 6.86. The van der Waals surface area contributed by atoms with Crippen LogP contribution in [0.5, 0.6) is 11.5 Å². The monoisotopic (exact) mass is 549 g/mol. The highest BCUT2D eigenvalue weighted by Crippen LogP contribution is 2.29. The predicted molar refractivity (Wildman–Crippen MR) is 156 cm³/mol. The number of hydrogen-bond donors (Lipinski definition) is 1. The molecule has 0 bridgehead atoms. The van der Waals surface area contributed by atoms with Crippen molar-refractivity contribution in [2.45, 2.75) is 6.92 Å². The number of nitrogens with one attached hydrogen (secondary N) is 1. The number of pyridine rings is 1. The number of fused-ring (bicyclic) bond motifs is 1. The van der Waals surface area contributed by atoms with Gasteiger partial charge in [-0.1, -0.05) is 65.7 Å². The highest BCUT2D eigenvalue weighted by Gasteiger charge is 2.16. The van der Waals surface area contributed by atoms with Crippen LogP contribution < -0.4 is 14.9 Å². The van der Waals surface area contributed by atoms with Gasteiger partial charge in [0, 0.05) is 10.9 Å². The number of carbonyl (C=O) groups excluding carboxylic acids is 2. The van der Waals surface area contributed by atoms with Gasteiger partial charge in [-0.3, -0.25) is 4.79 Å². The molecule has 198 valence electrons. The fraction of sp³-hybridized carbons (Fsp3) is 0.0625. The van der Waals surface area contributed by atoms with Crippen molar-refractivity contribution in [1.29, 1.82) is 0 Å². The third-order valence-electron chi connectivity index (χ3n) is 6.14. The Balaban J connectivity index is 1.36. The third-order valence-corrected chi connectivity index (χ3v) is 6.47. The highest BCUT2D eigenvalue weighted by atomic mass is 35.5. The van der Waals surface area contributed by atoms with Crippen molar-refractivity contribution >= 4 is 40.6 Å². The van der Waals surface area contributed by atoms with Crippen LogP contribution in [0, 0.1) is 6.92 Å². The first-order chi connectivity index (χ1) is 19.4. The normalized spacial score (nSPS) is 11.0. The molecular weight excluding hydrogens is 526 g/mol. The zero-order valence-corrected chi connectivity index (χ0v) is 22.5. The van der Waals surface area contributed by atoms with Gasteiger partial charge in [0.2, 0.25) is 0 Å². The summed E-state index contributed by atoms with van der Waals surface area (Å²) < 4.78 is 10.9. The number of aryl methyl sites for hydroxylation is 1. The second-order valence-corrected chi connectivity index (χ2v) is 9.33. The Kier molecular flexibility index (Phi) is 7.84. The molecule has 0 radical (unpaired) electrons. The third kappa shape index (κ3) is 5.85. The van der Waals surface area contributed by atoms with Crippen LogP contribution in [-0.4, -0.2) is 30.2 Å². The summed E-state index contributed by atoms with van der Waals surface area (Å²) in [5.41, 5.74) is 7.27. The average Bonchev–Trinajstić information content (AvgIpc) is 2.97. The highest BCUT2D eigenvalue weighted by molar-refractivity contribution is 6.33. The van der Waals surface area contributed by atoms with Gasteiger partial charge < -0.3 is 9.47 Å². The minimum Gasteiger partial charge on any atom is -0.493 e. The first kappa shape index (κ1) is 26.6. The first-order valence-electron chi connectivity index (χ1n) is 12.4. The lowest BCUT2D eigenvalue weighted by molar-refractivity contribution is 0.0729. The smallest absolute Gasteiger partial charge is 0.345 e. The summed E-state index contributed by atoms with van der Waals surface area (Å²) >= 11 is 6.10. The van der Waals surface area contributed by atoms with Gasteiger partial charge in [0.1, 0.15) is 0 Å². The summed E-state index contributed by atoms with van der Waals surface area (Å²) in [6.45, 7) is 1.97. The van der Waals surface area contributed by atoms with E-state index < -0.39 is 5.97 Å². The number of esters is 1. The van der Waals surface area contributed by atoms with E-state index in [-0.39, 0.29) is 17.2 Å². The number of hydrogen-bond acceptors (Lipinski definition) is 6. The van der Waals surface area contributed by atoms with E-state index in [0.717, 1.165) is 16.5 Å². The molecule has 1 aromatic heterocycles. The van der Waals surface area contributed by atoms with Gasteiger partial charge in [-0.15, -0.1) is 0 Å². The molecule has 0 unspecified atom stereocenters. The van der Waals surface area contributed by atoms with Crippen LogP contribution in [-0.2, 0) is 0 Å². The van der Waals surface area contributed by atoms with Crippen molar-refractivity contribution in [2.75, 3.05) is 7.11 Å². The van der Waals surface area contributed by atoms with Crippen LogP contribution in [0.3, 0.4) is 0 Å². The molecule has 4 aromatic carbocycles. The van der Waals surface area contributed by atoms with Gasteiger partial charge in [-0.2, -0.15) is 5.10 Å². The number of benzene rings is 4. The number of methoxy groups -OCH3 is 1. The van der Waals surface area contributed by atoms with E-state index in [2.05, 4.69) is 10.5 Å². The fourth-order valence-corrected chi connectivity index (χ4v) is 4.35. The lowest BCUT2D eigenvalue weighted by Crippen LogP contribution is -2.18. The van der Waals surface area contributed by atoms with Crippen molar-refractivity contribution in [2.24, 2.45) is 5.10 Å². The van der Waals surface area contributed by atoms with Crippen molar-refractivity contribution in [3.05, 3.63) is 124 Å². The second kappa shape index (κ2) is 11.8. The molecule has 0 aliphatic rings. The van der Waals surface area contributed by atoms with Crippen LogP contribution in [0.4, 0.5) is 0 Å². The van der Waals surface area contributed by atoms with Gasteiger partial charge in [-0.05, 0) is 61.0 Å². The zero-order valence-electron chi connectivity index (χ0n) is 21.7. The maximum Gasteiger partial charge on any atom is 0.345 e. The number of aromatic nitrogens is 1. The van der Waals surface area contributed by atoms with Gasteiger partial charge in [0.15, 0.2) is 11.5 Å². The SMILES string of the molecule is COc1cc(C=NNC(=O)c2cc(-c3ccccc3)nc3ccc(C)cc23)ccc1OC(=O)c1ccccc1Cl. The molecule has 1 amide bonds. The Hall–Kier alpha value is -5.01.